The first kappa shape index (κ1) is 11.6. The lowest BCUT2D eigenvalue weighted by molar-refractivity contribution is 1.03. The highest BCUT2D eigenvalue weighted by molar-refractivity contribution is 7.11. The largest absolute Gasteiger partial charge is 0.349 e. The summed E-state index contributed by atoms with van der Waals surface area (Å²) in [5, 5.41) is 11.9. The van der Waals surface area contributed by atoms with E-state index in [9.17, 15) is 0 Å². The van der Waals surface area contributed by atoms with Crippen LogP contribution in [0.15, 0.2) is 18.2 Å². The molecule has 0 aromatic carbocycles. The molecule has 0 fully saturated rings. The van der Waals surface area contributed by atoms with E-state index in [0.29, 0.717) is 18.2 Å². The van der Waals surface area contributed by atoms with Gasteiger partial charge in [0.2, 0.25) is 5.95 Å². The van der Waals surface area contributed by atoms with Crippen LogP contribution in [0.25, 0.3) is 0 Å². The predicted octanol–water partition coefficient (Wildman–Crippen LogP) is 2.64. The van der Waals surface area contributed by atoms with Crippen LogP contribution in [0.4, 0.5) is 5.95 Å². The first-order valence-electron chi connectivity index (χ1n) is 5.22. The summed E-state index contributed by atoms with van der Waals surface area (Å²) in [7, 11) is 0. The highest BCUT2D eigenvalue weighted by Gasteiger charge is 2.02. The molecule has 0 aliphatic carbocycles. The number of thiophene rings is 1. The van der Waals surface area contributed by atoms with E-state index in [1.54, 1.807) is 17.4 Å². The van der Waals surface area contributed by atoms with E-state index in [4.69, 9.17) is 5.26 Å². The maximum Gasteiger partial charge on any atom is 0.224 e. The molecule has 2 aromatic heterocycles. The van der Waals surface area contributed by atoms with Crippen LogP contribution in [0.3, 0.4) is 0 Å². The smallest absolute Gasteiger partial charge is 0.224 e. The summed E-state index contributed by atoms with van der Waals surface area (Å²) in [6, 6.07) is 7.85. The maximum atomic E-state index is 8.81. The normalized spacial score (nSPS) is 9.94. The van der Waals surface area contributed by atoms with Gasteiger partial charge in [0.25, 0.3) is 0 Å². The third kappa shape index (κ3) is 3.02. The van der Waals surface area contributed by atoms with Crippen LogP contribution in [0.2, 0.25) is 0 Å². The fraction of sp³-hybridized carbons (Fsp3) is 0.250. The molecule has 17 heavy (non-hydrogen) atoms. The van der Waals surface area contributed by atoms with E-state index >= 15 is 0 Å². The molecule has 2 rings (SSSR count). The third-order valence-electron chi connectivity index (χ3n) is 2.19. The van der Waals surface area contributed by atoms with Crippen molar-refractivity contribution in [2.75, 3.05) is 5.32 Å². The van der Waals surface area contributed by atoms with E-state index in [0.717, 1.165) is 5.69 Å². The molecule has 0 amide bonds. The number of nitrogens with one attached hydrogen (secondary N) is 1. The average Bonchev–Trinajstić information content (AvgIpc) is 2.72. The first-order chi connectivity index (χ1) is 8.17. The van der Waals surface area contributed by atoms with E-state index in [1.165, 1.54) is 9.75 Å². The van der Waals surface area contributed by atoms with Crippen LogP contribution in [0, 0.1) is 25.2 Å². The van der Waals surface area contributed by atoms with Crippen molar-refractivity contribution in [2.45, 2.75) is 20.4 Å². The zero-order valence-electron chi connectivity index (χ0n) is 9.69. The van der Waals surface area contributed by atoms with Crippen molar-refractivity contribution in [3.05, 3.63) is 39.3 Å². The second kappa shape index (κ2) is 4.93. The molecule has 0 aliphatic heterocycles. The molecule has 4 nitrogen and oxygen atoms in total. The molecule has 0 unspecified atom stereocenters. The lowest BCUT2D eigenvalue weighted by Crippen LogP contribution is -2.04. The van der Waals surface area contributed by atoms with Gasteiger partial charge in [-0.3, -0.25) is 0 Å². The second-order valence-electron chi connectivity index (χ2n) is 3.70. The van der Waals surface area contributed by atoms with Crippen molar-refractivity contribution in [3.63, 3.8) is 0 Å². The monoisotopic (exact) mass is 244 g/mol. The number of nitriles is 1. The molecular formula is C12H12N4S. The molecule has 0 spiro atoms. The lowest BCUT2D eigenvalue weighted by atomic mass is 10.3. The number of aromatic nitrogens is 2. The standard InChI is InChI=1S/C12H12N4S/c1-8-5-10(6-13)16-12(15-8)14-7-11-4-3-9(2)17-11/h3-5H,7H2,1-2H3,(H,14,15,16). The van der Waals surface area contributed by atoms with Gasteiger partial charge in [0.15, 0.2) is 0 Å². The number of nitrogens with zero attached hydrogens (tertiary/aromatic N) is 3. The average molecular weight is 244 g/mol. The Kier molecular flexibility index (Phi) is 3.35. The minimum atomic E-state index is 0.391. The van der Waals surface area contributed by atoms with E-state index in [-0.39, 0.29) is 0 Å². The van der Waals surface area contributed by atoms with Crippen molar-refractivity contribution in [1.82, 2.24) is 9.97 Å². The molecule has 0 bridgehead atoms. The Hall–Kier alpha value is -1.93. The van der Waals surface area contributed by atoms with Gasteiger partial charge in [0.1, 0.15) is 11.8 Å². The van der Waals surface area contributed by atoms with Gasteiger partial charge in [-0.2, -0.15) is 5.26 Å². The molecule has 5 heteroatoms. The first-order valence-corrected chi connectivity index (χ1v) is 6.04. The quantitative estimate of drug-likeness (QED) is 0.901. The van der Waals surface area contributed by atoms with Gasteiger partial charge in [-0.15, -0.1) is 11.3 Å². The number of hydrogen-bond acceptors (Lipinski definition) is 5. The molecule has 0 saturated carbocycles. The lowest BCUT2D eigenvalue weighted by Gasteiger charge is -2.04. The van der Waals surface area contributed by atoms with E-state index in [2.05, 4.69) is 34.3 Å². The van der Waals surface area contributed by atoms with E-state index < -0.39 is 0 Å². The molecular weight excluding hydrogens is 232 g/mol. The topological polar surface area (TPSA) is 61.6 Å². The van der Waals surface area contributed by atoms with Crippen molar-refractivity contribution < 1.29 is 0 Å². The zero-order valence-corrected chi connectivity index (χ0v) is 10.5. The Morgan fingerprint density at radius 1 is 1.35 bits per heavy atom. The second-order valence-corrected chi connectivity index (χ2v) is 5.07. The fourth-order valence-corrected chi connectivity index (χ4v) is 2.28. The Labute approximate surface area is 104 Å². The number of hydrogen-bond donors (Lipinski definition) is 1. The highest BCUT2D eigenvalue weighted by Crippen LogP contribution is 2.16. The van der Waals surface area contributed by atoms with Crippen LogP contribution in [0.5, 0.6) is 0 Å². The van der Waals surface area contributed by atoms with Gasteiger partial charge in [0, 0.05) is 15.4 Å². The summed E-state index contributed by atoms with van der Waals surface area (Å²) < 4.78 is 0. The van der Waals surface area contributed by atoms with Crippen molar-refractivity contribution >= 4 is 17.3 Å². The van der Waals surface area contributed by atoms with Gasteiger partial charge in [-0.25, -0.2) is 9.97 Å². The van der Waals surface area contributed by atoms with Crippen molar-refractivity contribution in [2.24, 2.45) is 0 Å². The maximum absolute atomic E-state index is 8.81. The Morgan fingerprint density at radius 3 is 2.82 bits per heavy atom. The van der Waals surface area contributed by atoms with Crippen LogP contribution < -0.4 is 5.32 Å². The zero-order chi connectivity index (χ0) is 12.3. The molecule has 2 aromatic rings. The minimum Gasteiger partial charge on any atom is -0.349 e. The number of rotatable bonds is 3. The van der Waals surface area contributed by atoms with Gasteiger partial charge >= 0.3 is 0 Å². The summed E-state index contributed by atoms with van der Waals surface area (Å²) in [6.07, 6.45) is 0. The molecule has 0 atom stereocenters. The van der Waals surface area contributed by atoms with Gasteiger partial charge < -0.3 is 5.32 Å². The van der Waals surface area contributed by atoms with Gasteiger partial charge in [-0.1, -0.05) is 0 Å². The fourth-order valence-electron chi connectivity index (χ4n) is 1.45. The number of aryl methyl sites for hydroxylation is 2. The number of anilines is 1. The summed E-state index contributed by atoms with van der Waals surface area (Å²) >= 11 is 1.74. The van der Waals surface area contributed by atoms with Crippen LogP contribution in [-0.4, -0.2) is 9.97 Å². The van der Waals surface area contributed by atoms with Gasteiger partial charge in [-0.05, 0) is 32.0 Å². The predicted molar refractivity (Wildman–Crippen MR) is 67.9 cm³/mol. The van der Waals surface area contributed by atoms with Crippen LogP contribution >= 0.6 is 11.3 Å². The minimum absolute atomic E-state index is 0.391. The Morgan fingerprint density at radius 2 is 2.18 bits per heavy atom. The summed E-state index contributed by atoms with van der Waals surface area (Å²) in [5.74, 6) is 0.507. The molecule has 0 saturated heterocycles. The van der Waals surface area contributed by atoms with E-state index in [1.807, 2.05) is 13.0 Å². The molecule has 2 heterocycles. The summed E-state index contributed by atoms with van der Waals surface area (Å²) in [5.41, 5.74) is 1.18. The molecule has 1 N–H and O–H groups in total. The van der Waals surface area contributed by atoms with Crippen LogP contribution in [-0.2, 0) is 6.54 Å². The van der Waals surface area contributed by atoms with Crippen molar-refractivity contribution in [1.29, 1.82) is 5.26 Å². The van der Waals surface area contributed by atoms with Crippen LogP contribution in [0.1, 0.15) is 21.1 Å². The highest BCUT2D eigenvalue weighted by atomic mass is 32.1. The Bertz CT molecular complexity index is 568. The Balaban J connectivity index is 2.09. The SMILES string of the molecule is Cc1cc(C#N)nc(NCc2ccc(C)s2)n1. The third-order valence-corrected chi connectivity index (χ3v) is 3.19. The van der Waals surface area contributed by atoms with Gasteiger partial charge in [0.05, 0.1) is 6.54 Å². The van der Waals surface area contributed by atoms with Crippen molar-refractivity contribution in [3.8, 4) is 6.07 Å². The molecule has 0 radical (unpaired) electrons. The molecule has 0 aliphatic rings. The molecule has 86 valence electrons. The summed E-state index contributed by atoms with van der Waals surface area (Å²) in [4.78, 5) is 10.8. The summed E-state index contributed by atoms with van der Waals surface area (Å²) in [6.45, 7) is 4.61.